The number of carboxylic acid groups (broad SMARTS) is 1. The van der Waals surface area contributed by atoms with Crippen molar-refractivity contribution in [3.05, 3.63) is 92.7 Å². The highest BCUT2D eigenvalue weighted by molar-refractivity contribution is 7.14. The lowest BCUT2D eigenvalue weighted by molar-refractivity contribution is -0.139. The second kappa shape index (κ2) is 11.9. The quantitative estimate of drug-likeness (QED) is 0.188. The van der Waals surface area contributed by atoms with E-state index in [1.165, 1.54) is 32.9 Å². The molecule has 0 fully saturated rings. The molecule has 1 heterocycles. The van der Waals surface area contributed by atoms with Crippen LogP contribution in [0.1, 0.15) is 68.4 Å². The fourth-order valence-corrected chi connectivity index (χ4v) is 6.31. The van der Waals surface area contributed by atoms with Gasteiger partial charge in [-0.3, -0.25) is 9.79 Å². The molecule has 3 aromatic rings. The van der Waals surface area contributed by atoms with Crippen LogP contribution in [-0.4, -0.2) is 35.5 Å². The van der Waals surface area contributed by atoms with E-state index in [4.69, 9.17) is 11.5 Å². The molecule has 6 N–H and O–H groups in total. The predicted octanol–water partition coefficient (Wildman–Crippen LogP) is 4.04. The van der Waals surface area contributed by atoms with Crippen molar-refractivity contribution in [1.82, 2.24) is 5.32 Å². The van der Waals surface area contributed by atoms with Gasteiger partial charge in [-0.2, -0.15) is 0 Å². The summed E-state index contributed by atoms with van der Waals surface area (Å²) in [7, 11) is 0. The number of benzene rings is 2. The summed E-state index contributed by atoms with van der Waals surface area (Å²) in [5.41, 5.74) is 15.4. The monoisotopic (exact) mass is 504 g/mol. The summed E-state index contributed by atoms with van der Waals surface area (Å²) in [5, 5.41) is 12.5. The fraction of sp³-hybridized carbons (Fsp3) is 0.321. The number of carboxylic acids is 1. The fourth-order valence-electron chi connectivity index (χ4n) is 4.85. The molecule has 0 unspecified atom stereocenters. The number of hydrogen-bond donors (Lipinski definition) is 4. The zero-order valence-corrected chi connectivity index (χ0v) is 21.0. The molecule has 0 aliphatic heterocycles. The van der Waals surface area contributed by atoms with E-state index in [2.05, 4.69) is 34.6 Å². The van der Waals surface area contributed by atoms with Crippen LogP contribution in [0.3, 0.4) is 0 Å². The minimum atomic E-state index is -1.06. The van der Waals surface area contributed by atoms with Crippen LogP contribution >= 0.6 is 11.3 Å². The number of carbonyl (C=O) groups excluding carboxylic acids is 1. The molecule has 7 nitrogen and oxygen atoms in total. The first-order valence-corrected chi connectivity index (χ1v) is 13.1. The lowest BCUT2D eigenvalue weighted by Gasteiger charge is -2.21. The topological polar surface area (TPSA) is 131 Å². The normalized spacial score (nSPS) is 13.6. The number of hydrogen-bond acceptors (Lipinski definition) is 4. The molecule has 36 heavy (non-hydrogen) atoms. The van der Waals surface area contributed by atoms with Crippen molar-refractivity contribution < 1.29 is 14.7 Å². The minimum Gasteiger partial charge on any atom is -0.480 e. The number of nitrogens with two attached hydrogens (primary N) is 2. The molecule has 2 aromatic carbocycles. The summed E-state index contributed by atoms with van der Waals surface area (Å²) in [5.74, 6) is -1.40. The van der Waals surface area contributed by atoms with E-state index in [1.54, 1.807) is 0 Å². The Morgan fingerprint density at radius 2 is 1.53 bits per heavy atom. The first kappa shape index (κ1) is 25.4. The van der Waals surface area contributed by atoms with Gasteiger partial charge in [-0.1, -0.05) is 60.7 Å². The first-order chi connectivity index (χ1) is 17.5. The van der Waals surface area contributed by atoms with Gasteiger partial charge < -0.3 is 21.9 Å². The van der Waals surface area contributed by atoms with Crippen LogP contribution in [0.15, 0.2) is 65.7 Å². The third-order valence-corrected chi connectivity index (χ3v) is 7.87. The van der Waals surface area contributed by atoms with E-state index in [9.17, 15) is 14.7 Å². The smallest absolute Gasteiger partial charge is 0.326 e. The second-order valence-corrected chi connectivity index (χ2v) is 10.1. The Morgan fingerprint density at radius 3 is 2.08 bits per heavy atom. The average Bonchev–Trinajstić information content (AvgIpc) is 3.26. The Hall–Kier alpha value is -3.65. The molecular formula is C28H32N4O3S. The van der Waals surface area contributed by atoms with Crippen molar-refractivity contribution in [3.8, 4) is 0 Å². The standard InChI is InChI=1S/C28H32N4O3S/c29-28(30)31-17-9-16-22(27(34)35)32-26(33)25-21-15-8-7-14-20(21)24(36-25)23(18-10-3-1-4-11-18)19-12-5-2-6-13-19/h1-6,10-13,22-23H,7-9,14-17H2,(H,32,33)(H,34,35)(H4,29,30,31)/t22-/m0/s1. The summed E-state index contributed by atoms with van der Waals surface area (Å²) in [6.07, 6.45) is 4.54. The minimum absolute atomic E-state index is 0.0145. The zero-order valence-electron chi connectivity index (χ0n) is 20.2. The van der Waals surface area contributed by atoms with Gasteiger partial charge in [0.15, 0.2) is 5.96 Å². The Balaban J connectivity index is 1.67. The lowest BCUT2D eigenvalue weighted by atomic mass is 9.83. The highest BCUT2D eigenvalue weighted by Gasteiger charge is 2.31. The number of rotatable bonds is 10. The molecule has 188 valence electrons. The third kappa shape index (κ3) is 5.94. The van der Waals surface area contributed by atoms with Crippen LogP contribution < -0.4 is 16.8 Å². The number of thiophene rings is 1. The molecule has 1 aliphatic rings. The second-order valence-electron chi connectivity index (χ2n) is 9.03. The van der Waals surface area contributed by atoms with Crippen molar-refractivity contribution in [2.75, 3.05) is 6.54 Å². The number of nitrogens with zero attached hydrogens (tertiary/aromatic N) is 1. The maximum atomic E-state index is 13.4. The van der Waals surface area contributed by atoms with E-state index in [0.29, 0.717) is 17.8 Å². The van der Waals surface area contributed by atoms with Gasteiger partial charge in [-0.25, -0.2) is 4.79 Å². The summed E-state index contributed by atoms with van der Waals surface area (Å²) in [6, 6.07) is 19.7. The van der Waals surface area contributed by atoms with E-state index >= 15 is 0 Å². The van der Waals surface area contributed by atoms with Gasteiger partial charge in [0, 0.05) is 17.3 Å². The third-order valence-electron chi connectivity index (χ3n) is 6.53. The predicted molar refractivity (Wildman–Crippen MR) is 144 cm³/mol. The molecular weight excluding hydrogens is 472 g/mol. The van der Waals surface area contributed by atoms with Crippen LogP contribution in [0.25, 0.3) is 0 Å². The molecule has 4 rings (SSSR count). The van der Waals surface area contributed by atoms with E-state index < -0.39 is 12.0 Å². The zero-order chi connectivity index (χ0) is 25.5. The van der Waals surface area contributed by atoms with Crippen LogP contribution in [0.2, 0.25) is 0 Å². The number of fused-ring (bicyclic) bond motifs is 1. The van der Waals surface area contributed by atoms with Crippen LogP contribution in [-0.2, 0) is 17.6 Å². The van der Waals surface area contributed by atoms with Gasteiger partial charge in [0.1, 0.15) is 6.04 Å². The molecule has 0 bridgehead atoms. The molecule has 0 spiro atoms. The largest absolute Gasteiger partial charge is 0.480 e. The molecule has 1 aromatic heterocycles. The van der Waals surface area contributed by atoms with Gasteiger partial charge in [0.05, 0.1) is 4.88 Å². The molecule has 1 aliphatic carbocycles. The number of carbonyl (C=O) groups is 2. The summed E-state index contributed by atoms with van der Waals surface area (Å²) in [4.78, 5) is 31.0. The maximum Gasteiger partial charge on any atom is 0.326 e. The first-order valence-electron chi connectivity index (χ1n) is 12.3. The van der Waals surface area contributed by atoms with Crippen LogP contribution in [0.5, 0.6) is 0 Å². The molecule has 0 radical (unpaired) electrons. The molecule has 0 saturated heterocycles. The van der Waals surface area contributed by atoms with Crippen LogP contribution in [0, 0.1) is 0 Å². The van der Waals surface area contributed by atoms with E-state index in [0.717, 1.165) is 31.2 Å². The Kier molecular flexibility index (Phi) is 8.38. The van der Waals surface area contributed by atoms with Crippen LogP contribution in [0.4, 0.5) is 0 Å². The van der Waals surface area contributed by atoms with E-state index in [1.807, 2.05) is 36.4 Å². The number of aliphatic imine (C=N–C) groups is 1. The molecule has 0 saturated carbocycles. The Bertz CT molecular complexity index is 1180. The number of amides is 1. The summed E-state index contributed by atoms with van der Waals surface area (Å²) < 4.78 is 0. The SMILES string of the molecule is NC(N)=NCCC[C@H](NC(=O)c1sc(C(c2ccccc2)c2ccccc2)c2c1CCCC2)C(=O)O. The van der Waals surface area contributed by atoms with Gasteiger partial charge in [-0.15, -0.1) is 11.3 Å². The van der Waals surface area contributed by atoms with Gasteiger partial charge in [-0.05, 0) is 60.8 Å². The number of guanidine groups is 1. The van der Waals surface area contributed by atoms with E-state index in [-0.39, 0.29) is 24.2 Å². The number of nitrogens with one attached hydrogen (secondary N) is 1. The Morgan fingerprint density at radius 1 is 0.944 bits per heavy atom. The van der Waals surface area contributed by atoms with Crippen molar-refractivity contribution in [2.24, 2.45) is 16.5 Å². The number of aliphatic carboxylic acids is 1. The summed E-state index contributed by atoms with van der Waals surface area (Å²) >= 11 is 1.51. The van der Waals surface area contributed by atoms with Crippen molar-refractivity contribution in [1.29, 1.82) is 0 Å². The average molecular weight is 505 g/mol. The highest BCUT2D eigenvalue weighted by atomic mass is 32.1. The van der Waals surface area contributed by atoms with Crippen molar-refractivity contribution >= 4 is 29.2 Å². The summed E-state index contributed by atoms with van der Waals surface area (Å²) in [6.45, 7) is 0.316. The van der Waals surface area contributed by atoms with Gasteiger partial charge in [0.2, 0.25) is 0 Å². The molecule has 1 atom stereocenters. The van der Waals surface area contributed by atoms with Gasteiger partial charge >= 0.3 is 5.97 Å². The van der Waals surface area contributed by atoms with Gasteiger partial charge in [0.25, 0.3) is 5.91 Å². The lowest BCUT2D eigenvalue weighted by Crippen LogP contribution is -2.41. The molecule has 1 amide bonds. The van der Waals surface area contributed by atoms with Crippen molar-refractivity contribution in [2.45, 2.75) is 50.5 Å². The van der Waals surface area contributed by atoms with Crippen molar-refractivity contribution in [3.63, 3.8) is 0 Å². The highest BCUT2D eigenvalue weighted by Crippen LogP contribution is 2.43. The Labute approximate surface area is 215 Å². The molecule has 8 heteroatoms. The maximum absolute atomic E-state index is 13.4.